The third-order valence-electron chi connectivity index (χ3n) is 3.22. The number of nitro benzene ring substituents is 1. The maximum Gasteiger partial charge on any atom is 0.338 e. The lowest BCUT2D eigenvalue weighted by Crippen LogP contribution is -2.14. The van der Waals surface area contributed by atoms with Crippen LogP contribution in [0.15, 0.2) is 42.5 Å². The van der Waals surface area contributed by atoms with Crippen molar-refractivity contribution in [3.8, 4) is 0 Å². The molecule has 0 aromatic heterocycles. The second kappa shape index (κ2) is 8.25. The number of hydrogen-bond acceptors (Lipinski definition) is 5. The first-order valence-electron chi connectivity index (χ1n) is 7.45. The van der Waals surface area contributed by atoms with Gasteiger partial charge in [0.05, 0.1) is 17.1 Å². The van der Waals surface area contributed by atoms with Crippen LogP contribution in [0.2, 0.25) is 5.02 Å². The number of halogens is 1. The van der Waals surface area contributed by atoms with Gasteiger partial charge in [0.2, 0.25) is 0 Å². The number of carbonyl (C=O) groups is 2. The minimum Gasteiger partial charge on any atom is -0.462 e. The highest BCUT2D eigenvalue weighted by molar-refractivity contribution is 6.31. The molecule has 8 heteroatoms. The van der Waals surface area contributed by atoms with Gasteiger partial charge in [-0.2, -0.15) is 0 Å². The molecule has 0 fully saturated rings. The third-order valence-corrected chi connectivity index (χ3v) is 3.45. The van der Waals surface area contributed by atoms with Crippen LogP contribution in [0.3, 0.4) is 0 Å². The van der Waals surface area contributed by atoms with E-state index in [1.165, 1.54) is 36.4 Å². The lowest BCUT2D eigenvalue weighted by Gasteiger charge is -2.07. The summed E-state index contributed by atoms with van der Waals surface area (Å²) in [6, 6.07) is 9.84. The average molecular weight is 363 g/mol. The summed E-state index contributed by atoms with van der Waals surface area (Å²) in [5.74, 6) is -1.10. The fourth-order valence-corrected chi connectivity index (χ4v) is 2.18. The molecule has 0 spiro atoms. The molecule has 0 bridgehead atoms. The first-order chi connectivity index (χ1) is 11.9. The Bertz CT molecular complexity index is 805. The molecule has 0 aliphatic rings. The summed E-state index contributed by atoms with van der Waals surface area (Å²) in [7, 11) is 0. The average Bonchev–Trinajstić information content (AvgIpc) is 2.60. The van der Waals surface area contributed by atoms with E-state index in [9.17, 15) is 19.7 Å². The summed E-state index contributed by atoms with van der Waals surface area (Å²) in [6.45, 7) is 2.22. The zero-order chi connectivity index (χ0) is 18.4. The van der Waals surface area contributed by atoms with E-state index in [-0.39, 0.29) is 16.3 Å². The van der Waals surface area contributed by atoms with Gasteiger partial charge >= 0.3 is 5.97 Å². The fraction of sp³-hybridized carbons (Fsp3) is 0.176. The lowest BCUT2D eigenvalue weighted by atomic mass is 10.1. The van der Waals surface area contributed by atoms with Crippen LogP contribution >= 0.6 is 11.6 Å². The molecule has 7 nitrogen and oxygen atoms in total. The molecule has 0 saturated heterocycles. The van der Waals surface area contributed by atoms with Crippen LogP contribution < -0.4 is 5.32 Å². The van der Waals surface area contributed by atoms with Crippen molar-refractivity contribution < 1.29 is 19.2 Å². The number of carbonyl (C=O) groups excluding carboxylic acids is 2. The molecule has 0 atom stereocenters. The lowest BCUT2D eigenvalue weighted by molar-refractivity contribution is -0.385. The number of rotatable bonds is 6. The predicted octanol–water partition coefficient (Wildman–Crippen LogP) is 4.07. The first kappa shape index (κ1) is 18.4. The maximum atomic E-state index is 12.3. The highest BCUT2D eigenvalue weighted by Crippen LogP contribution is 2.24. The second-order valence-corrected chi connectivity index (χ2v) is 5.52. The number of nitrogens with zero attached hydrogens (tertiary/aromatic N) is 1. The highest BCUT2D eigenvalue weighted by atomic mass is 35.5. The molecule has 2 aromatic carbocycles. The van der Waals surface area contributed by atoms with Crippen LogP contribution in [-0.4, -0.2) is 23.4 Å². The first-order valence-corrected chi connectivity index (χ1v) is 7.82. The largest absolute Gasteiger partial charge is 0.462 e. The van der Waals surface area contributed by atoms with Gasteiger partial charge in [-0.3, -0.25) is 14.9 Å². The Hall–Kier alpha value is -2.93. The molecule has 0 aliphatic heterocycles. The Morgan fingerprint density at radius 2 is 1.88 bits per heavy atom. The smallest absolute Gasteiger partial charge is 0.338 e. The van der Waals surface area contributed by atoms with E-state index in [0.29, 0.717) is 17.9 Å². The molecule has 1 N–H and O–H groups in total. The van der Waals surface area contributed by atoms with Crippen LogP contribution in [0.5, 0.6) is 0 Å². The third kappa shape index (κ3) is 4.77. The van der Waals surface area contributed by atoms with Crippen molar-refractivity contribution in [1.29, 1.82) is 0 Å². The van der Waals surface area contributed by atoms with Gasteiger partial charge < -0.3 is 10.1 Å². The number of amides is 1. The Labute approximate surface area is 148 Å². The van der Waals surface area contributed by atoms with Gasteiger partial charge in [0.25, 0.3) is 11.6 Å². The van der Waals surface area contributed by atoms with Crippen LogP contribution in [0.1, 0.15) is 34.1 Å². The highest BCUT2D eigenvalue weighted by Gasteiger charge is 2.20. The van der Waals surface area contributed by atoms with Gasteiger partial charge in [-0.15, -0.1) is 0 Å². The van der Waals surface area contributed by atoms with E-state index in [1.807, 2.05) is 6.92 Å². The van der Waals surface area contributed by atoms with Crippen molar-refractivity contribution in [3.05, 3.63) is 68.7 Å². The monoisotopic (exact) mass is 362 g/mol. The van der Waals surface area contributed by atoms with Gasteiger partial charge in [-0.1, -0.05) is 18.5 Å². The molecule has 2 aromatic rings. The molecule has 0 unspecified atom stereocenters. The molecule has 2 rings (SSSR count). The predicted molar refractivity (Wildman–Crippen MR) is 93.1 cm³/mol. The van der Waals surface area contributed by atoms with E-state index in [4.69, 9.17) is 16.3 Å². The standard InChI is InChI=1S/C17H15ClN2O5/c1-2-9-25-17(22)11-3-6-13(7-4-11)19-16(21)14-8-5-12(18)10-15(14)20(23)24/h3-8,10H,2,9H2,1H3,(H,19,21). The molecule has 0 aliphatic carbocycles. The van der Waals surface area contributed by atoms with Crippen LogP contribution in [0, 0.1) is 10.1 Å². The number of esters is 1. The number of ether oxygens (including phenoxy) is 1. The Morgan fingerprint density at radius 1 is 1.20 bits per heavy atom. The number of anilines is 1. The molecule has 0 heterocycles. The van der Waals surface area contributed by atoms with Gasteiger partial charge in [0, 0.05) is 16.8 Å². The van der Waals surface area contributed by atoms with E-state index in [1.54, 1.807) is 0 Å². The molecular formula is C17H15ClN2O5. The quantitative estimate of drug-likeness (QED) is 0.474. The molecule has 130 valence electrons. The Kier molecular flexibility index (Phi) is 6.08. The van der Waals surface area contributed by atoms with Crippen molar-refractivity contribution in [2.45, 2.75) is 13.3 Å². The summed E-state index contributed by atoms with van der Waals surface area (Å²) in [4.78, 5) is 34.4. The zero-order valence-electron chi connectivity index (χ0n) is 13.3. The van der Waals surface area contributed by atoms with Crippen molar-refractivity contribution in [2.24, 2.45) is 0 Å². The summed E-state index contributed by atoms with van der Waals surface area (Å²) in [5, 5.41) is 13.8. The number of hydrogen-bond donors (Lipinski definition) is 1. The summed E-state index contributed by atoms with van der Waals surface area (Å²) in [5.41, 5.74) is 0.246. The normalized spacial score (nSPS) is 10.2. The Balaban J connectivity index is 2.14. The van der Waals surface area contributed by atoms with E-state index >= 15 is 0 Å². The van der Waals surface area contributed by atoms with Gasteiger partial charge in [-0.25, -0.2) is 4.79 Å². The molecular weight excluding hydrogens is 348 g/mol. The SMILES string of the molecule is CCCOC(=O)c1ccc(NC(=O)c2ccc(Cl)cc2[N+](=O)[O-])cc1. The van der Waals surface area contributed by atoms with Crippen molar-refractivity contribution in [1.82, 2.24) is 0 Å². The van der Waals surface area contributed by atoms with Crippen molar-refractivity contribution in [3.63, 3.8) is 0 Å². The van der Waals surface area contributed by atoms with Crippen LogP contribution in [0.25, 0.3) is 0 Å². The minimum atomic E-state index is -0.673. The minimum absolute atomic E-state index is 0.110. The number of nitro groups is 1. The maximum absolute atomic E-state index is 12.3. The summed E-state index contributed by atoms with van der Waals surface area (Å²) >= 11 is 5.73. The molecule has 0 radical (unpaired) electrons. The number of nitrogens with one attached hydrogen (secondary N) is 1. The van der Waals surface area contributed by atoms with E-state index in [0.717, 1.165) is 12.5 Å². The van der Waals surface area contributed by atoms with Crippen molar-refractivity contribution >= 4 is 34.9 Å². The van der Waals surface area contributed by atoms with Gasteiger partial charge in [0.15, 0.2) is 0 Å². The summed E-state index contributed by atoms with van der Waals surface area (Å²) in [6.07, 6.45) is 0.722. The van der Waals surface area contributed by atoms with Crippen LogP contribution in [0.4, 0.5) is 11.4 Å². The summed E-state index contributed by atoms with van der Waals surface area (Å²) < 4.78 is 5.01. The van der Waals surface area contributed by atoms with E-state index in [2.05, 4.69) is 5.32 Å². The molecule has 1 amide bonds. The van der Waals surface area contributed by atoms with Gasteiger partial charge in [0.1, 0.15) is 5.56 Å². The molecule has 0 saturated carbocycles. The van der Waals surface area contributed by atoms with Gasteiger partial charge in [-0.05, 0) is 42.8 Å². The molecule has 25 heavy (non-hydrogen) atoms. The Morgan fingerprint density at radius 3 is 2.48 bits per heavy atom. The zero-order valence-corrected chi connectivity index (χ0v) is 14.1. The fourth-order valence-electron chi connectivity index (χ4n) is 2.01. The topological polar surface area (TPSA) is 98.5 Å². The van der Waals surface area contributed by atoms with Crippen molar-refractivity contribution in [2.75, 3.05) is 11.9 Å². The second-order valence-electron chi connectivity index (χ2n) is 5.09. The van der Waals surface area contributed by atoms with Crippen LogP contribution in [-0.2, 0) is 4.74 Å². The number of benzene rings is 2. The van der Waals surface area contributed by atoms with E-state index < -0.39 is 16.8 Å².